The Hall–Kier alpha value is -3.47. The van der Waals surface area contributed by atoms with Crippen molar-refractivity contribution in [1.82, 2.24) is 39.0 Å². The fourth-order valence-electron chi connectivity index (χ4n) is 5.19. The zero-order valence-corrected chi connectivity index (χ0v) is 25.0. The molecule has 0 aliphatic carbocycles. The number of nitrogens with one attached hydrogen (secondary N) is 1. The second-order valence-electron chi connectivity index (χ2n) is 10.1. The number of phosphoric ester groups is 1. The molecule has 2 aliphatic heterocycles. The van der Waals surface area contributed by atoms with E-state index in [2.05, 4.69) is 29.9 Å². The van der Waals surface area contributed by atoms with Gasteiger partial charge in [0.05, 0.1) is 25.9 Å². The molecular formula is C21H27FN10O12P2. The highest BCUT2D eigenvalue weighted by atomic mass is 31.2. The molecule has 0 bridgehead atoms. The molecule has 2 fully saturated rings. The summed E-state index contributed by atoms with van der Waals surface area (Å²) in [6.45, 7) is -1.65. The van der Waals surface area contributed by atoms with Crippen LogP contribution >= 0.6 is 15.9 Å². The number of nitrogens with zero attached hydrogens (tertiary/aromatic N) is 7. The number of imidazole rings is 2. The number of halogens is 1. The van der Waals surface area contributed by atoms with Crippen LogP contribution in [0.3, 0.4) is 0 Å². The molecule has 0 amide bonds. The van der Waals surface area contributed by atoms with E-state index < -0.39 is 90.1 Å². The monoisotopic (exact) mass is 692 g/mol. The summed E-state index contributed by atoms with van der Waals surface area (Å²) in [6.07, 6.45) is -10.1. The number of ether oxygens (including phenoxy) is 3. The number of hydrogen-bond acceptors (Lipinski definition) is 17. The van der Waals surface area contributed by atoms with Crippen LogP contribution in [0.5, 0.6) is 0 Å². The van der Waals surface area contributed by atoms with E-state index in [9.17, 15) is 33.9 Å². The summed E-state index contributed by atoms with van der Waals surface area (Å²) in [6, 6.07) is 0. The van der Waals surface area contributed by atoms with E-state index in [1.54, 1.807) is 0 Å². The number of aromatic nitrogens is 8. The van der Waals surface area contributed by atoms with Crippen molar-refractivity contribution < 1.29 is 56.8 Å². The Kier molecular flexibility index (Phi) is 8.91. The number of fused-ring (bicyclic) bond motifs is 2. The number of nitrogens with two attached hydrogens (primary N) is 2. The number of aliphatic hydroxyl groups excluding tert-OH is 2. The zero-order chi connectivity index (χ0) is 32.9. The Balaban J connectivity index is 1.19. The van der Waals surface area contributed by atoms with Crippen molar-refractivity contribution in [3.63, 3.8) is 0 Å². The highest BCUT2D eigenvalue weighted by molar-refractivity contribution is 7.47. The van der Waals surface area contributed by atoms with Gasteiger partial charge in [-0.3, -0.25) is 32.5 Å². The highest BCUT2D eigenvalue weighted by Gasteiger charge is 2.52. The second-order valence-corrected chi connectivity index (χ2v) is 12.6. The fraction of sp³-hybridized carbons (Fsp3) is 0.524. The highest BCUT2D eigenvalue weighted by Crippen LogP contribution is 2.50. The molecule has 0 saturated carbocycles. The van der Waals surface area contributed by atoms with Gasteiger partial charge < -0.3 is 45.7 Å². The molecule has 9 N–H and O–H groups in total. The lowest BCUT2D eigenvalue weighted by molar-refractivity contribution is -0.0621. The van der Waals surface area contributed by atoms with Crippen molar-refractivity contribution in [3.05, 3.63) is 29.3 Å². The Morgan fingerprint density at radius 2 is 1.76 bits per heavy atom. The van der Waals surface area contributed by atoms with E-state index in [4.69, 9.17) is 34.7 Å². The van der Waals surface area contributed by atoms with Crippen LogP contribution in [0, 0.1) is 0 Å². The van der Waals surface area contributed by atoms with Crippen LogP contribution in [0.2, 0.25) is 0 Å². The van der Waals surface area contributed by atoms with Gasteiger partial charge in [0.2, 0.25) is 14.0 Å². The lowest BCUT2D eigenvalue weighted by Crippen LogP contribution is -2.37. The van der Waals surface area contributed by atoms with Gasteiger partial charge in [-0.25, -0.2) is 28.9 Å². The molecule has 6 heterocycles. The number of H-pyrrole nitrogens is 1. The second kappa shape index (κ2) is 12.6. The van der Waals surface area contributed by atoms with E-state index in [1.165, 1.54) is 6.33 Å². The van der Waals surface area contributed by atoms with Crippen molar-refractivity contribution in [1.29, 1.82) is 0 Å². The molecular weight excluding hydrogens is 665 g/mol. The molecule has 4 aromatic heterocycles. The first-order chi connectivity index (χ1) is 21.9. The molecule has 10 atom stereocenters. The smallest absolute Gasteiger partial charge is 0.394 e. The van der Waals surface area contributed by atoms with Gasteiger partial charge in [-0.2, -0.15) is 4.98 Å². The topological polar surface area (TPSA) is 320 Å². The van der Waals surface area contributed by atoms with Crippen LogP contribution in [-0.4, -0.2) is 115 Å². The van der Waals surface area contributed by atoms with Gasteiger partial charge >= 0.3 is 7.82 Å². The first-order valence-electron chi connectivity index (χ1n) is 13.3. The molecule has 0 radical (unpaired) electrons. The van der Waals surface area contributed by atoms with Gasteiger partial charge in [-0.1, -0.05) is 0 Å². The number of anilines is 2. The number of aromatic amines is 1. The molecule has 25 heteroatoms. The maximum Gasteiger partial charge on any atom is 0.472 e. The lowest BCUT2D eigenvalue weighted by Gasteiger charge is -2.24. The summed E-state index contributed by atoms with van der Waals surface area (Å²) >= 11 is 0. The molecule has 6 unspecified atom stereocenters. The first-order valence-corrected chi connectivity index (χ1v) is 16.3. The number of nitrogen functional groups attached to an aromatic ring is 2. The summed E-state index contributed by atoms with van der Waals surface area (Å²) in [4.78, 5) is 54.1. The molecule has 0 spiro atoms. The molecule has 250 valence electrons. The van der Waals surface area contributed by atoms with Crippen molar-refractivity contribution in [2.75, 3.05) is 31.0 Å². The summed E-state index contributed by atoms with van der Waals surface area (Å²) in [7, 11) is -8.37. The minimum atomic E-state index is -5.17. The van der Waals surface area contributed by atoms with Gasteiger partial charge in [0.1, 0.15) is 48.7 Å². The minimum Gasteiger partial charge on any atom is -0.394 e. The third kappa shape index (κ3) is 6.02. The van der Waals surface area contributed by atoms with E-state index >= 15 is 4.39 Å². The van der Waals surface area contributed by atoms with Crippen molar-refractivity contribution in [2.24, 2.45) is 0 Å². The quantitative estimate of drug-likeness (QED) is 0.0829. The summed E-state index contributed by atoms with van der Waals surface area (Å²) in [5.74, 6) is -0.247. The normalized spacial score (nSPS) is 30.3. The Morgan fingerprint density at radius 1 is 1.07 bits per heavy atom. The van der Waals surface area contributed by atoms with Gasteiger partial charge in [0.15, 0.2) is 41.3 Å². The zero-order valence-electron chi connectivity index (χ0n) is 23.1. The number of alkyl halides is 1. The predicted molar refractivity (Wildman–Crippen MR) is 150 cm³/mol. The van der Waals surface area contributed by atoms with E-state index in [0.717, 1.165) is 21.8 Å². The number of phosphoric acid groups is 1. The standard InChI is InChI=1S/C21H27FN10O12P2/c22-9-13(7(1-33)42-19(9)31-4-27-10-15(23)25-3-26-16(10)31)44-46(38,39)41-2-8-14(40-6-45(36)37)12(34)20(43-8)32-5-28-11-17(32)29-21(24)30-18(11)35/h3-5,7-9,12-14,19-20,33-34,45H,1-2,6H2,(H,36,37)(H,38,39)(H2,23,25,26)(H3,24,29,30,35)/t7-,8-,9?,12?,13?,14?,19-,20-/m1/s1. The molecule has 4 aromatic rings. The lowest BCUT2D eigenvalue weighted by atomic mass is 10.1. The molecule has 6 rings (SSSR count). The van der Waals surface area contributed by atoms with Crippen molar-refractivity contribution >= 4 is 49.9 Å². The van der Waals surface area contributed by atoms with Crippen molar-refractivity contribution in [3.8, 4) is 0 Å². The largest absolute Gasteiger partial charge is 0.472 e. The van der Waals surface area contributed by atoms with Crippen molar-refractivity contribution in [2.45, 2.75) is 49.1 Å². The van der Waals surface area contributed by atoms with Gasteiger partial charge in [-0.15, -0.1) is 0 Å². The third-order valence-corrected chi connectivity index (χ3v) is 8.60. The summed E-state index contributed by atoms with van der Waals surface area (Å²) in [5, 5.41) is 20.8. The first kappa shape index (κ1) is 32.5. The van der Waals surface area contributed by atoms with Gasteiger partial charge in [0, 0.05) is 0 Å². The maximum absolute atomic E-state index is 15.7. The Labute approximate surface area is 255 Å². The SMILES string of the molecule is Nc1nc2c(ncn2[C@@H]2O[C@H](COP(=O)(O)OC3C(F)[C@H](n4cnc5c(N)ncnc54)O[C@@H]3CO)C(OC[PH](=O)O)C2O)c(=O)[nH]1. The van der Waals surface area contributed by atoms with E-state index in [1.807, 2.05) is 0 Å². The number of rotatable bonds is 11. The van der Waals surface area contributed by atoms with Crippen LogP contribution in [0.4, 0.5) is 16.2 Å². The van der Waals surface area contributed by atoms with E-state index in [0.29, 0.717) is 0 Å². The predicted octanol–water partition coefficient (Wildman–Crippen LogP) is -2.08. The van der Waals surface area contributed by atoms with Gasteiger partial charge in [0.25, 0.3) is 5.56 Å². The number of aliphatic hydroxyl groups is 2. The average Bonchev–Trinajstić information content (AvgIpc) is 3.76. The van der Waals surface area contributed by atoms with E-state index in [-0.39, 0.29) is 34.1 Å². The van der Waals surface area contributed by atoms with Crippen LogP contribution in [0.15, 0.2) is 23.8 Å². The number of hydrogen-bond donors (Lipinski definition) is 7. The van der Waals surface area contributed by atoms with Crippen LogP contribution < -0.4 is 17.0 Å². The Morgan fingerprint density at radius 3 is 2.48 bits per heavy atom. The molecule has 22 nitrogen and oxygen atoms in total. The summed E-state index contributed by atoms with van der Waals surface area (Å²) in [5.41, 5.74) is 10.7. The Bertz CT molecular complexity index is 1880. The fourth-order valence-corrected chi connectivity index (χ4v) is 6.48. The van der Waals surface area contributed by atoms with Crippen LogP contribution in [0.25, 0.3) is 22.3 Å². The minimum absolute atomic E-state index is 0.0162. The maximum atomic E-state index is 15.7. The molecule has 46 heavy (non-hydrogen) atoms. The molecule has 2 saturated heterocycles. The third-order valence-electron chi connectivity index (χ3n) is 7.20. The van der Waals surface area contributed by atoms with Crippen LogP contribution in [0.1, 0.15) is 12.5 Å². The van der Waals surface area contributed by atoms with Gasteiger partial charge in [-0.05, 0) is 0 Å². The molecule has 2 aliphatic rings. The summed E-state index contributed by atoms with van der Waals surface area (Å²) < 4.78 is 69.3. The molecule has 0 aromatic carbocycles. The van der Waals surface area contributed by atoms with Crippen LogP contribution in [-0.2, 0) is 32.4 Å². The average molecular weight is 692 g/mol.